The summed E-state index contributed by atoms with van der Waals surface area (Å²) in [6, 6.07) is 6.29. The second-order valence-corrected chi connectivity index (χ2v) is 5.04. The van der Waals surface area contributed by atoms with Crippen molar-refractivity contribution in [3.63, 3.8) is 0 Å². The molecule has 0 atom stereocenters. The molecule has 0 aliphatic rings. The molecular formula is C15H21ClN2O. The minimum Gasteiger partial charge on any atom is -0.380 e. The smallest absolute Gasteiger partial charge is 0.124 e. The van der Waals surface area contributed by atoms with Gasteiger partial charge in [0.05, 0.1) is 23.5 Å². The van der Waals surface area contributed by atoms with Gasteiger partial charge in [-0.05, 0) is 31.0 Å². The van der Waals surface area contributed by atoms with Crippen molar-refractivity contribution < 1.29 is 4.74 Å². The number of hydrogen-bond donors (Lipinski definition) is 0. The third-order valence-corrected chi connectivity index (χ3v) is 3.44. The molecule has 2 rings (SSSR count). The van der Waals surface area contributed by atoms with E-state index in [1.807, 2.05) is 0 Å². The summed E-state index contributed by atoms with van der Waals surface area (Å²) in [5, 5.41) is 0. The molecule has 0 bridgehead atoms. The summed E-state index contributed by atoms with van der Waals surface area (Å²) >= 11 is 5.98. The highest BCUT2D eigenvalue weighted by Gasteiger charge is 2.09. The quantitative estimate of drug-likeness (QED) is 0.568. The van der Waals surface area contributed by atoms with Gasteiger partial charge < -0.3 is 9.30 Å². The molecule has 0 saturated carbocycles. The molecule has 3 nitrogen and oxygen atoms in total. The van der Waals surface area contributed by atoms with E-state index < -0.39 is 0 Å². The number of nitrogens with zero attached hydrogens (tertiary/aromatic N) is 2. The van der Waals surface area contributed by atoms with Gasteiger partial charge in [-0.3, -0.25) is 0 Å². The number of alkyl halides is 1. The molecule has 0 saturated heterocycles. The first-order valence-corrected chi connectivity index (χ1v) is 7.39. The number of imidazole rings is 1. The number of ether oxygens (including phenoxy) is 1. The maximum Gasteiger partial charge on any atom is 0.124 e. The number of unbranched alkanes of at least 4 members (excludes halogenated alkanes) is 1. The van der Waals surface area contributed by atoms with Crippen molar-refractivity contribution in [3.8, 4) is 0 Å². The fraction of sp³-hybridized carbons (Fsp3) is 0.533. The Bertz CT molecular complexity index is 536. The van der Waals surface area contributed by atoms with Gasteiger partial charge >= 0.3 is 0 Å². The number of fused-ring (bicyclic) bond motifs is 1. The van der Waals surface area contributed by atoms with Crippen molar-refractivity contribution in [1.82, 2.24) is 9.55 Å². The van der Waals surface area contributed by atoms with E-state index >= 15 is 0 Å². The van der Waals surface area contributed by atoms with E-state index in [0.717, 1.165) is 36.4 Å². The molecule has 4 heteroatoms. The summed E-state index contributed by atoms with van der Waals surface area (Å²) < 4.78 is 7.80. The zero-order valence-electron chi connectivity index (χ0n) is 11.7. The lowest BCUT2D eigenvalue weighted by atomic mass is 10.2. The van der Waals surface area contributed by atoms with Gasteiger partial charge in [-0.25, -0.2) is 4.98 Å². The first kappa shape index (κ1) is 14.4. The average Bonchev–Trinajstić information content (AvgIpc) is 2.76. The van der Waals surface area contributed by atoms with Crippen LogP contribution >= 0.6 is 11.6 Å². The minimum absolute atomic E-state index is 0.433. The van der Waals surface area contributed by atoms with Crippen LogP contribution in [0.3, 0.4) is 0 Å². The summed E-state index contributed by atoms with van der Waals surface area (Å²) in [5.74, 6) is 1.35. The Morgan fingerprint density at radius 1 is 1.32 bits per heavy atom. The number of benzene rings is 1. The van der Waals surface area contributed by atoms with Crippen LogP contribution in [0.25, 0.3) is 11.0 Å². The predicted octanol–water partition coefficient (Wildman–Crippen LogP) is 3.90. The van der Waals surface area contributed by atoms with E-state index in [1.165, 1.54) is 12.0 Å². The lowest BCUT2D eigenvalue weighted by Crippen LogP contribution is -2.09. The molecule has 0 radical (unpaired) electrons. The van der Waals surface area contributed by atoms with E-state index in [9.17, 15) is 0 Å². The van der Waals surface area contributed by atoms with Crippen molar-refractivity contribution in [2.75, 3.05) is 13.2 Å². The van der Waals surface area contributed by atoms with Crippen LogP contribution in [0.1, 0.15) is 31.2 Å². The Morgan fingerprint density at radius 2 is 2.16 bits per heavy atom. The zero-order valence-corrected chi connectivity index (χ0v) is 12.4. The number of halogens is 1. The largest absolute Gasteiger partial charge is 0.380 e. The van der Waals surface area contributed by atoms with Gasteiger partial charge in [0.2, 0.25) is 0 Å². The Morgan fingerprint density at radius 3 is 2.89 bits per heavy atom. The molecule has 0 amide bonds. The maximum atomic E-state index is 5.98. The highest BCUT2D eigenvalue weighted by atomic mass is 35.5. The second kappa shape index (κ2) is 6.92. The Kier molecular flexibility index (Phi) is 5.23. The van der Waals surface area contributed by atoms with Crippen molar-refractivity contribution in [1.29, 1.82) is 0 Å². The summed E-state index contributed by atoms with van der Waals surface area (Å²) in [7, 11) is 0. The van der Waals surface area contributed by atoms with Crippen LogP contribution in [0, 0.1) is 6.92 Å². The van der Waals surface area contributed by atoms with Crippen molar-refractivity contribution in [2.24, 2.45) is 0 Å². The van der Waals surface area contributed by atoms with E-state index in [0.29, 0.717) is 12.5 Å². The molecule has 0 unspecified atom stereocenters. The molecule has 2 aromatic rings. The van der Waals surface area contributed by atoms with Crippen LogP contribution in [0.5, 0.6) is 0 Å². The van der Waals surface area contributed by atoms with Crippen LogP contribution in [0.2, 0.25) is 0 Å². The third kappa shape index (κ3) is 3.48. The Labute approximate surface area is 119 Å². The van der Waals surface area contributed by atoms with Gasteiger partial charge in [0.1, 0.15) is 5.82 Å². The predicted molar refractivity (Wildman–Crippen MR) is 79.8 cm³/mol. The molecule has 0 aliphatic heterocycles. The topological polar surface area (TPSA) is 27.1 Å². The van der Waals surface area contributed by atoms with Crippen LogP contribution in [-0.2, 0) is 17.2 Å². The summed E-state index contributed by atoms with van der Waals surface area (Å²) in [6.07, 6.45) is 2.28. The second-order valence-electron chi connectivity index (χ2n) is 4.77. The van der Waals surface area contributed by atoms with Crippen LogP contribution in [0.15, 0.2) is 18.2 Å². The fourth-order valence-electron chi connectivity index (χ4n) is 2.14. The van der Waals surface area contributed by atoms with Crippen LogP contribution in [0.4, 0.5) is 0 Å². The Hall–Kier alpha value is -1.06. The molecule has 0 spiro atoms. The molecule has 0 fully saturated rings. The Balaban J connectivity index is 2.13. The van der Waals surface area contributed by atoms with Crippen molar-refractivity contribution in [3.05, 3.63) is 29.6 Å². The van der Waals surface area contributed by atoms with E-state index in [-0.39, 0.29) is 0 Å². The summed E-state index contributed by atoms with van der Waals surface area (Å²) in [5.41, 5.74) is 3.39. The summed E-state index contributed by atoms with van der Waals surface area (Å²) in [4.78, 5) is 4.56. The minimum atomic E-state index is 0.433. The average molecular weight is 281 g/mol. The molecule has 1 aromatic carbocycles. The number of hydrogen-bond acceptors (Lipinski definition) is 2. The highest BCUT2D eigenvalue weighted by molar-refractivity contribution is 6.16. The van der Waals surface area contributed by atoms with Gasteiger partial charge in [0.15, 0.2) is 0 Å². The molecule has 1 heterocycles. The van der Waals surface area contributed by atoms with Crippen molar-refractivity contribution in [2.45, 2.75) is 39.1 Å². The number of aryl methyl sites for hydroxylation is 1. The lowest BCUT2D eigenvalue weighted by molar-refractivity contribution is 0.124. The van der Waals surface area contributed by atoms with Gasteiger partial charge in [-0.2, -0.15) is 0 Å². The van der Waals surface area contributed by atoms with Gasteiger partial charge in [0, 0.05) is 13.2 Å². The highest BCUT2D eigenvalue weighted by Crippen LogP contribution is 2.19. The number of aromatic nitrogens is 2. The maximum absolute atomic E-state index is 5.98. The first-order valence-electron chi connectivity index (χ1n) is 6.85. The molecule has 19 heavy (non-hydrogen) atoms. The third-order valence-electron chi connectivity index (χ3n) is 3.20. The van der Waals surface area contributed by atoms with E-state index in [4.69, 9.17) is 16.3 Å². The van der Waals surface area contributed by atoms with Gasteiger partial charge in [-0.15, -0.1) is 11.6 Å². The number of rotatable bonds is 7. The van der Waals surface area contributed by atoms with Gasteiger partial charge in [0.25, 0.3) is 0 Å². The fourth-order valence-corrected chi connectivity index (χ4v) is 2.34. The molecular weight excluding hydrogens is 260 g/mol. The molecule has 1 aromatic heterocycles. The monoisotopic (exact) mass is 280 g/mol. The van der Waals surface area contributed by atoms with Crippen LogP contribution in [-0.4, -0.2) is 22.8 Å². The SMILES string of the molecule is CCCCOCCn1c(CCl)nc2ccc(C)cc21. The summed E-state index contributed by atoms with van der Waals surface area (Å²) in [6.45, 7) is 6.61. The normalized spacial score (nSPS) is 11.3. The first-order chi connectivity index (χ1) is 9.26. The van der Waals surface area contributed by atoms with Crippen molar-refractivity contribution >= 4 is 22.6 Å². The molecule has 104 valence electrons. The lowest BCUT2D eigenvalue weighted by Gasteiger charge is -2.08. The molecule has 0 aliphatic carbocycles. The zero-order chi connectivity index (χ0) is 13.7. The molecule has 0 N–H and O–H groups in total. The van der Waals surface area contributed by atoms with Crippen LogP contribution < -0.4 is 0 Å². The standard InChI is InChI=1S/C15H21ClN2O/c1-3-4-8-19-9-7-18-14-10-12(2)5-6-13(14)17-15(18)11-16/h5-6,10H,3-4,7-9,11H2,1-2H3. The van der Waals surface area contributed by atoms with E-state index in [1.54, 1.807) is 0 Å². The van der Waals surface area contributed by atoms with Gasteiger partial charge in [-0.1, -0.05) is 19.4 Å². The van der Waals surface area contributed by atoms with E-state index in [2.05, 4.69) is 41.6 Å².